The average molecular weight is 227 g/mol. The molecule has 1 aromatic rings. The molecule has 1 aromatic carbocycles. The van der Waals surface area contributed by atoms with Crippen LogP contribution in [0.5, 0.6) is 5.75 Å². The lowest BCUT2D eigenvalue weighted by atomic mass is 10.1. The molecule has 0 radical (unpaired) electrons. The summed E-state index contributed by atoms with van der Waals surface area (Å²) in [5.74, 6) is 1.31. The van der Waals surface area contributed by atoms with Gasteiger partial charge in [-0.05, 0) is 42.1 Å². The number of halogens is 1. The largest absolute Gasteiger partial charge is 0.494 e. The molecule has 0 fully saturated rings. The van der Waals surface area contributed by atoms with E-state index in [4.69, 9.17) is 16.3 Å². The normalized spacial score (nSPS) is 10.4. The predicted octanol–water partition coefficient (Wildman–Crippen LogP) is 3.49. The Morgan fingerprint density at radius 3 is 2.80 bits per heavy atom. The third-order valence-electron chi connectivity index (χ3n) is 2.02. The molecule has 0 heterocycles. The monoisotopic (exact) mass is 226 g/mol. The minimum atomic E-state index is -0.454. The fraction of sp³-hybridized carbons (Fsp3) is 0.417. The fourth-order valence-electron chi connectivity index (χ4n) is 1.12. The van der Waals surface area contributed by atoms with E-state index in [1.807, 2.05) is 6.07 Å². The van der Waals surface area contributed by atoms with Crippen molar-refractivity contribution in [2.45, 2.75) is 20.3 Å². The summed E-state index contributed by atoms with van der Waals surface area (Å²) in [6.45, 7) is 4.95. The molecule has 2 nitrogen and oxygen atoms in total. The Bertz CT molecular complexity index is 334. The summed E-state index contributed by atoms with van der Waals surface area (Å²) in [6.07, 6.45) is 0.999. The van der Waals surface area contributed by atoms with Crippen LogP contribution in [0.1, 0.15) is 30.6 Å². The molecule has 3 heteroatoms. The highest BCUT2D eigenvalue weighted by Gasteiger charge is 2.03. The molecule has 0 aliphatic heterocycles. The number of carbonyl (C=O) groups is 1. The van der Waals surface area contributed by atoms with Gasteiger partial charge in [-0.15, -0.1) is 0 Å². The first-order valence-electron chi connectivity index (χ1n) is 5.02. The average Bonchev–Trinajstić information content (AvgIpc) is 2.17. The van der Waals surface area contributed by atoms with Gasteiger partial charge in [-0.2, -0.15) is 0 Å². The molecule has 0 unspecified atom stereocenters. The Labute approximate surface area is 95.2 Å². The van der Waals surface area contributed by atoms with Gasteiger partial charge in [-0.25, -0.2) is 0 Å². The van der Waals surface area contributed by atoms with Crippen molar-refractivity contribution < 1.29 is 9.53 Å². The molecular weight excluding hydrogens is 212 g/mol. The predicted molar refractivity (Wildman–Crippen MR) is 61.6 cm³/mol. The molecule has 0 aromatic heterocycles. The summed E-state index contributed by atoms with van der Waals surface area (Å²) in [5, 5.41) is -0.454. The van der Waals surface area contributed by atoms with E-state index in [1.165, 1.54) is 0 Å². The molecule has 0 saturated heterocycles. The zero-order chi connectivity index (χ0) is 11.3. The van der Waals surface area contributed by atoms with Gasteiger partial charge >= 0.3 is 0 Å². The maximum absolute atomic E-state index is 10.9. The Morgan fingerprint density at radius 2 is 2.20 bits per heavy atom. The maximum Gasteiger partial charge on any atom is 0.252 e. The van der Waals surface area contributed by atoms with Gasteiger partial charge in [0.25, 0.3) is 5.24 Å². The quantitative estimate of drug-likeness (QED) is 0.719. The summed E-state index contributed by atoms with van der Waals surface area (Å²) in [6, 6.07) is 6.92. The van der Waals surface area contributed by atoms with Crippen LogP contribution >= 0.6 is 11.6 Å². The van der Waals surface area contributed by atoms with Gasteiger partial charge in [0.2, 0.25) is 0 Å². The lowest BCUT2D eigenvalue weighted by Gasteiger charge is -2.08. The number of rotatable bonds is 5. The van der Waals surface area contributed by atoms with Crippen LogP contribution < -0.4 is 4.74 Å². The third kappa shape index (κ3) is 4.34. The van der Waals surface area contributed by atoms with Crippen LogP contribution in [0.2, 0.25) is 0 Å². The molecular formula is C12H15ClO2. The van der Waals surface area contributed by atoms with Crippen LogP contribution in [0.15, 0.2) is 24.3 Å². The van der Waals surface area contributed by atoms with Crippen molar-refractivity contribution in [3.05, 3.63) is 29.8 Å². The lowest BCUT2D eigenvalue weighted by Crippen LogP contribution is -2.01. The molecule has 82 valence electrons. The van der Waals surface area contributed by atoms with Gasteiger partial charge in [0.15, 0.2) is 0 Å². The smallest absolute Gasteiger partial charge is 0.252 e. The Kier molecular flexibility index (Phi) is 4.63. The van der Waals surface area contributed by atoms with Crippen molar-refractivity contribution >= 4 is 16.8 Å². The van der Waals surface area contributed by atoms with Crippen molar-refractivity contribution in [1.82, 2.24) is 0 Å². The molecule has 0 saturated carbocycles. The van der Waals surface area contributed by atoms with Gasteiger partial charge in [0.05, 0.1) is 6.61 Å². The number of carbonyl (C=O) groups excluding carboxylic acids is 1. The Morgan fingerprint density at radius 1 is 1.47 bits per heavy atom. The van der Waals surface area contributed by atoms with E-state index in [-0.39, 0.29) is 0 Å². The van der Waals surface area contributed by atoms with E-state index in [2.05, 4.69) is 13.8 Å². The van der Waals surface area contributed by atoms with Gasteiger partial charge < -0.3 is 4.74 Å². The highest BCUT2D eigenvalue weighted by atomic mass is 35.5. The number of hydrogen-bond donors (Lipinski definition) is 0. The number of hydrogen-bond acceptors (Lipinski definition) is 2. The molecule has 0 bridgehead atoms. The standard InChI is InChI=1S/C12H15ClO2/c1-9(2)6-7-15-11-5-3-4-10(8-11)12(13)14/h3-5,8-9H,6-7H2,1-2H3. The van der Waals surface area contributed by atoms with Crippen molar-refractivity contribution in [2.75, 3.05) is 6.61 Å². The van der Waals surface area contributed by atoms with E-state index < -0.39 is 5.24 Å². The second-order valence-corrected chi connectivity index (χ2v) is 4.18. The summed E-state index contributed by atoms with van der Waals surface area (Å²) in [4.78, 5) is 10.9. The summed E-state index contributed by atoms with van der Waals surface area (Å²) in [7, 11) is 0. The second-order valence-electron chi connectivity index (χ2n) is 3.83. The van der Waals surface area contributed by atoms with E-state index in [0.717, 1.165) is 6.42 Å². The van der Waals surface area contributed by atoms with Crippen LogP contribution in [0.4, 0.5) is 0 Å². The fourth-order valence-corrected chi connectivity index (χ4v) is 1.24. The maximum atomic E-state index is 10.9. The number of ether oxygens (including phenoxy) is 1. The van der Waals surface area contributed by atoms with Crippen molar-refractivity contribution in [1.29, 1.82) is 0 Å². The summed E-state index contributed by atoms with van der Waals surface area (Å²) in [5.41, 5.74) is 0.471. The van der Waals surface area contributed by atoms with Crippen LogP contribution in [-0.2, 0) is 0 Å². The van der Waals surface area contributed by atoms with E-state index in [0.29, 0.717) is 23.8 Å². The van der Waals surface area contributed by atoms with Crippen molar-refractivity contribution in [2.24, 2.45) is 5.92 Å². The molecule has 15 heavy (non-hydrogen) atoms. The third-order valence-corrected chi connectivity index (χ3v) is 2.24. The Hall–Kier alpha value is -1.02. The molecule has 0 aliphatic rings. The molecule has 0 N–H and O–H groups in total. The highest BCUT2D eigenvalue weighted by Crippen LogP contribution is 2.15. The Balaban J connectivity index is 2.54. The number of benzene rings is 1. The minimum absolute atomic E-state index is 0.454. The van der Waals surface area contributed by atoms with Crippen LogP contribution in [0.25, 0.3) is 0 Å². The van der Waals surface area contributed by atoms with Gasteiger partial charge in [0, 0.05) is 5.56 Å². The van der Waals surface area contributed by atoms with Gasteiger partial charge in [0.1, 0.15) is 5.75 Å². The molecule has 0 amide bonds. The summed E-state index contributed by atoms with van der Waals surface area (Å²) < 4.78 is 5.50. The first kappa shape index (κ1) is 12.1. The SMILES string of the molecule is CC(C)CCOc1cccc(C(=O)Cl)c1. The van der Waals surface area contributed by atoms with Crippen LogP contribution in [0.3, 0.4) is 0 Å². The molecule has 0 atom stereocenters. The van der Waals surface area contributed by atoms with Crippen molar-refractivity contribution in [3.63, 3.8) is 0 Å². The summed E-state index contributed by atoms with van der Waals surface area (Å²) >= 11 is 5.37. The van der Waals surface area contributed by atoms with E-state index in [1.54, 1.807) is 18.2 Å². The zero-order valence-corrected chi connectivity index (χ0v) is 9.75. The molecule has 0 spiro atoms. The molecule has 0 aliphatic carbocycles. The zero-order valence-electron chi connectivity index (χ0n) is 9.00. The second kappa shape index (κ2) is 5.76. The first-order valence-corrected chi connectivity index (χ1v) is 5.40. The topological polar surface area (TPSA) is 26.3 Å². The lowest BCUT2D eigenvalue weighted by molar-refractivity contribution is 0.108. The van der Waals surface area contributed by atoms with Crippen molar-refractivity contribution in [3.8, 4) is 5.75 Å². The first-order chi connectivity index (χ1) is 7.09. The van der Waals surface area contributed by atoms with Gasteiger partial charge in [-0.3, -0.25) is 4.79 Å². The van der Waals surface area contributed by atoms with Crippen LogP contribution in [0, 0.1) is 5.92 Å². The van der Waals surface area contributed by atoms with E-state index in [9.17, 15) is 4.79 Å². The minimum Gasteiger partial charge on any atom is -0.494 e. The van der Waals surface area contributed by atoms with E-state index >= 15 is 0 Å². The van der Waals surface area contributed by atoms with Gasteiger partial charge in [-0.1, -0.05) is 19.9 Å². The van der Waals surface area contributed by atoms with Crippen LogP contribution in [-0.4, -0.2) is 11.8 Å². The highest BCUT2D eigenvalue weighted by molar-refractivity contribution is 6.67. The molecule has 1 rings (SSSR count).